The monoisotopic (exact) mass is 510 g/mol. The number of aromatic nitrogens is 3. The highest BCUT2D eigenvalue weighted by atomic mass is 19.4. The van der Waals surface area contributed by atoms with Crippen LogP contribution in [0.2, 0.25) is 0 Å². The highest BCUT2D eigenvalue weighted by Crippen LogP contribution is 2.32. The van der Waals surface area contributed by atoms with E-state index in [4.69, 9.17) is 9.47 Å². The number of carbonyl (C=O) groups is 1. The van der Waals surface area contributed by atoms with Gasteiger partial charge in [-0.3, -0.25) is 4.79 Å². The van der Waals surface area contributed by atoms with Crippen LogP contribution in [-0.4, -0.2) is 34.4 Å². The Morgan fingerprint density at radius 1 is 1.03 bits per heavy atom. The first-order valence-corrected chi connectivity index (χ1v) is 11.5. The van der Waals surface area contributed by atoms with Gasteiger partial charge in [0.05, 0.1) is 25.0 Å². The number of halogens is 3. The number of ether oxygens (including phenoxy) is 2. The third kappa shape index (κ3) is 6.27. The molecule has 1 heterocycles. The van der Waals surface area contributed by atoms with Gasteiger partial charge in [-0.1, -0.05) is 38.1 Å². The SMILES string of the molecule is COc1cccc(C(=O)Nc2cccc(-n3nc(OCC(C)C)nc3-c3ccc(C(F)(F)F)cc3)c2)c1. The van der Waals surface area contributed by atoms with Crippen molar-refractivity contribution in [3.8, 4) is 28.8 Å². The second-order valence-electron chi connectivity index (χ2n) is 8.65. The lowest BCUT2D eigenvalue weighted by atomic mass is 10.1. The zero-order chi connectivity index (χ0) is 26.6. The summed E-state index contributed by atoms with van der Waals surface area (Å²) < 4.78 is 51.5. The summed E-state index contributed by atoms with van der Waals surface area (Å²) in [5.41, 5.74) is 1.10. The highest BCUT2D eigenvalue weighted by Gasteiger charge is 2.30. The third-order valence-electron chi connectivity index (χ3n) is 5.28. The van der Waals surface area contributed by atoms with Gasteiger partial charge < -0.3 is 14.8 Å². The number of nitrogens with one attached hydrogen (secondary N) is 1. The van der Waals surface area contributed by atoms with Crippen molar-refractivity contribution >= 4 is 11.6 Å². The topological polar surface area (TPSA) is 78.3 Å². The molecule has 7 nitrogen and oxygen atoms in total. The molecule has 10 heteroatoms. The average Bonchev–Trinajstić information content (AvgIpc) is 3.32. The fraction of sp³-hybridized carbons (Fsp3) is 0.222. The van der Waals surface area contributed by atoms with E-state index in [0.29, 0.717) is 40.7 Å². The number of hydrogen-bond donors (Lipinski definition) is 1. The summed E-state index contributed by atoms with van der Waals surface area (Å²) >= 11 is 0. The lowest BCUT2D eigenvalue weighted by Gasteiger charge is -2.11. The molecule has 0 aliphatic heterocycles. The predicted molar refractivity (Wildman–Crippen MR) is 133 cm³/mol. The molecule has 1 aromatic heterocycles. The zero-order valence-corrected chi connectivity index (χ0v) is 20.4. The molecule has 0 radical (unpaired) electrons. The van der Waals surface area contributed by atoms with Crippen molar-refractivity contribution in [1.82, 2.24) is 14.8 Å². The normalized spacial score (nSPS) is 11.4. The maximum Gasteiger partial charge on any atom is 0.416 e. The standard InChI is InChI=1S/C27H25F3N4O3/c1-17(2)16-37-26-32-24(18-10-12-20(13-11-18)27(28,29)30)34(33-26)22-8-5-7-21(15-22)31-25(35)19-6-4-9-23(14-19)36-3/h4-15,17H,16H2,1-3H3,(H,31,35). The molecule has 0 spiro atoms. The van der Waals surface area contributed by atoms with Gasteiger partial charge in [-0.25, -0.2) is 4.68 Å². The number of anilines is 1. The lowest BCUT2D eigenvalue weighted by molar-refractivity contribution is -0.137. The molecule has 4 aromatic rings. The molecule has 0 aliphatic carbocycles. The van der Waals surface area contributed by atoms with E-state index in [9.17, 15) is 18.0 Å². The summed E-state index contributed by atoms with van der Waals surface area (Å²) in [5.74, 6) is 0.734. The van der Waals surface area contributed by atoms with E-state index >= 15 is 0 Å². The van der Waals surface area contributed by atoms with Gasteiger partial charge in [0.15, 0.2) is 5.82 Å². The van der Waals surface area contributed by atoms with Crippen molar-refractivity contribution in [2.24, 2.45) is 5.92 Å². The molecule has 3 aromatic carbocycles. The molecule has 192 valence electrons. The Kier molecular flexibility index (Phi) is 7.47. The Hall–Kier alpha value is -4.34. The number of alkyl halides is 3. The number of carbonyl (C=O) groups excluding carboxylic acids is 1. The second-order valence-corrected chi connectivity index (χ2v) is 8.65. The zero-order valence-electron chi connectivity index (χ0n) is 20.4. The van der Waals surface area contributed by atoms with E-state index in [0.717, 1.165) is 12.1 Å². The fourth-order valence-corrected chi connectivity index (χ4v) is 3.45. The van der Waals surface area contributed by atoms with Gasteiger partial charge in [0.1, 0.15) is 5.75 Å². The van der Waals surface area contributed by atoms with Crippen LogP contribution in [-0.2, 0) is 6.18 Å². The first-order valence-electron chi connectivity index (χ1n) is 11.5. The second kappa shape index (κ2) is 10.7. The molecule has 0 saturated heterocycles. The number of hydrogen-bond acceptors (Lipinski definition) is 5. The van der Waals surface area contributed by atoms with Crippen LogP contribution in [0.25, 0.3) is 17.1 Å². The van der Waals surface area contributed by atoms with Crippen LogP contribution in [0.3, 0.4) is 0 Å². The number of amides is 1. The summed E-state index contributed by atoms with van der Waals surface area (Å²) in [6.07, 6.45) is -4.45. The van der Waals surface area contributed by atoms with Crippen molar-refractivity contribution in [3.63, 3.8) is 0 Å². The van der Waals surface area contributed by atoms with E-state index < -0.39 is 11.7 Å². The molecule has 1 N–H and O–H groups in total. The minimum absolute atomic E-state index is 0.0921. The molecule has 37 heavy (non-hydrogen) atoms. The van der Waals surface area contributed by atoms with Gasteiger partial charge in [0, 0.05) is 16.8 Å². The smallest absolute Gasteiger partial charge is 0.416 e. The van der Waals surface area contributed by atoms with Crippen LogP contribution >= 0.6 is 0 Å². The van der Waals surface area contributed by atoms with E-state index in [-0.39, 0.29) is 17.8 Å². The van der Waals surface area contributed by atoms with Crippen molar-refractivity contribution in [3.05, 3.63) is 83.9 Å². The van der Waals surface area contributed by atoms with Crippen molar-refractivity contribution < 1.29 is 27.4 Å². The Labute approximate surface area is 211 Å². The van der Waals surface area contributed by atoms with Gasteiger partial charge in [0.2, 0.25) is 0 Å². The summed E-state index contributed by atoms with van der Waals surface area (Å²) in [6.45, 7) is 4.32. The number of methoxy groups -OCH3 is 1. The van der Waals surface area contributed by atoms with Gasteiger partial charge in [-0.2, -0.15) is 18.2 Å². The Balaban J connectivity index is 1.67. The lowest BCUT2D eigenvalue weighted by Crippen LogP contribution is -2.12. The molecular formula is C27H25F3N4O3. The number of rotatable bonds is 8. The van der Waals surface area contributed by atoms with Crippen LogP contribution in [0.15, 0.2) is 72.8 Å². The van der Waals surface area contributed by atoms with Crippen molar-refractivity contribution in [1.29, 1.82) is 0 Å². The number of benzene rings is 3. The average molecular weight is 511 g/mol. The van der Waals surface area contributed by atoms with E-state index in [1.54, 1.807) is 48.5 Å². The van der Waals surface area contributed by atoms with Crippen molar-refractivity contribution in [2.45, 2.75) is 20.0 Å². The van der Waals surface area contributed by atoms with Crippen LogP contribution < -0.4 is 14.8 Å². The number of nitrogens with zero attached hydrogens (tertiary/aromatic N) is 3. The molecule has 0 aliphatic rings. The van der Waals surface area contributed by atoms with E-state index in [1.807, 2.05) is 13.8 Å². The third-order valence-corrected chi connectivity index (χ3v) is 5.28. The molecule has 0 atom stereocenters. The minimum Gasteiger partial charge on any atom is -0.497 e. The Morgan fingerprint density at radius 3 is 2.43 bits per heavy atom. The molecule has 0 saturated carbocycles. The molecule has 0 fully saturated rings. The molecular weight excluding hydrogens is 485 g/mol. The van der Waals surface area contributed by atoms with E-state index in [2.05, 4.69) is 15.4 Å². The quantitative estimate of drug-likeness (QED) is 0.303. The first-order chi connectivity index (χ1) is 17.6. The van der Waals surface area contributed by atoms with Gasteiger partial charge in [0.25, 0.3) is 5.91 Å². The summed E-state index contributed by atoms with van der Waals surface area (Å²) in [4.78, 5) is 17.2. The van der Waals surface area contributed by atoms with Crippen LogP contribution in [0, 0.1) is 5.92 Å². The van der Waals surface area contributed by atoms with Crippen LogP contribution in [0.1, 0.15) is 29.8 Å². The summed E-state index contributed by atoms with van der Waals surface area (Å²) in [6, 6.07) is 18.4. The molecule has 0 unspecified atom stereocenters. The van der Waals surface area contributed by atoms with Gasteiger partial charge in [-0.15, -0.1) is 5.10 Å². The largest absolute Gasteiger partial charge is 0.497 e. The Bertz CT molecular complexity index is 1380. The first kappa shape index (κ1) is 25.7. The van der Waals surface area contributed by atoms with E-state index in [1.165, 1.54) is 23.9 Å². The fourth-order valence-electron chi connectivity index (χ4n) is 3.45. The summed E-state index contributed by atoms with van der Waals surface area (Å²) in [7, 11) is 1.52. The predicted octanol–water partition coefficient (Wildman–Crippen LogP) is 6.25. The maximum atomic E-state index is 13.1. The highest BCUT2D eigenvalue weighted by molar-refractivity contribution is 6.04. The molecule has 0 bridgehead atoms. The van der Waals surface area contributed by atoms with Crippen LogP contribution in [0.5, 0.6) is 11.8 Å². The maximum absolute atomic E-state index is 13.1. The summed E-state index contributed by atoms with van der Waals surface area (Å²) in [5, 5.41) is 7.27. The molecule has 4 rings (SSSR count). The molecule has 1 amide bonds. The van der Waals surface area contributed by atoms with Gasteiger partial charge in [-0.05, 0) is 54.4 Å². The minimum atomic E-state index is -4.45. The Morgan fingerprint density at radius 2 is 1.76 bits per heavy atom. The van der Waals surface area contributed by atoms with Crippen molar-refractivity contribution in [2.75, 3.05) is 19.0 Å². The van der Waals surface area contributed by atoms with Gasteiger partial charge >= 0.3 is 12.2 Å². The van der Waals surface area contributed by atoms with Crippen LogP contribution in [0.4, 0.5) is 18.9 Å².